The van der Waals surface area contributed by atoms with Gasteiger partial charge in [0.25, 0.3) is 0 Å². The predicted octanol–water partition coefficient (Wildman–Crippen LogP) is 4.32. The number of fused-ring (bicyclic) bond motifs is 1. The molecule has 1 unspecified atom stereocenters. The first-order valence-corrected chi connectivity index (χ1v) is 8.06. The molecular weight excluding hydrogens is 287 g/mol. The van der Waals surface area contributed by atoms with Gasteiger partial charge in [-0.15, -0.1) is 11.6 Å². The molecule has 1 aromatic carbocycles. The molecule has 0 saturated carbocycles. The fraction of sp³-hybridized carbons (Fsp3) is 0.462. The summed E-state index contributed by atoms with van der Waals surface area (Å²) in [5.41, 5.74) is 2.09. The van der Waals surface area contributed by atoms with Crippen LogP contribution in [0.2, 0.25) is 5.02 Å². The molecule has 0 spiro atoms. The molecular formula is C13H14Cl2N2S. The lowest BCUT2D eigenvalue weighted by Crippen LogP contribution is -2.12. The van der Waals surface area contributed by atoms with Gasteiger partial charge in [0.2, 0.25) is 0 Å². The molecule has 0 N–H and O–H groups in total. The van der Waals surface area contributed by atoms with E-state index in [1.165, 1.54) is 18.6 Å². The average molecular weight is 301 g/mol. The molecule has 18 heavy (non-hydrogen) atoms. The summed E-state index contributed by atoms with van der Waals surface area (Å²) in [5, 5.41) is 1.42. The first-order chi connectivity index (χ1) is 8.78. The van der Waals surface area contributed by atoms with Gasteiger partial charge in [0.05, 0.1) is 16.9 Å². The van der Waals surface area contributed by atoms with Crippen LogP contribution in [0.15, 0.2) is 18.2 Å². The third-order valence-corrected chi connectivity index (χ3v) is 5.17. The van der Waals surface area contributed by atoms with E-state index in [4.69, 9.17) is 23.2 Å². The topological polar surface area (TPSA) is 17.8 Å². The van der Waals surface area contributed by atoms with Gasteiger partial charge in [-0.1, -0.05) is 11.6 Å². The predicted molar refractivity (Wildman–Crippen MR) is 79.8 cm³/mol. The Morgan fingerprint density at radius 2 is 2.33 bits per heavy atom. The molecule has 5 heteroatoms. The maximum Gasteiger partial charge on any atom is 0.124 e. The molecule has 0 aliphatic carbocycles. The molecule has 1 fully saturated rings. The van der Waals surface area contributed by atoms with E-state index in [1.807, 2.05) is 18.2 Å². The van der Waals surface area contributed by atoms with Crippen molar-refractivity contribution in [3.63, 3.8) is 0 Å². The van der Waals surface area contributed by atoms with Crippen LogP contribution in [0.25, 0.3) is 11.0 Å². The van der Waals surface area contributed by atoms with Crippen LogP contribution in [-0.4, -0.2) is 20.6 Å². The molecule has 1 aromatic heterocycles. The molecule has 1 aliphatic heterocycles. The number of hydrogen-bond acceptors (Lipinski definition) is 2. The van der Waals surface area contributed by atoms with E-state index in [2.05, 4.69) is 21.3 Å². The van der Waals surface area contributed by atoms with Gasteiger partial charge >= 0.3 is 0 Å². The summed E-state index contributed by atoms with van der Waals surface area (Å²) >= 11 is 14.1. The number of imidazole rings is 1. The fourth-order valence-electron chi connectivity index (χ4n) is 2.45. The van der Waals surface area contributed by atoms with Crippen LogP contribution in [0.3, 0.4) is 0 Å². The number of hydrogen-bond donors (Lipinski definition) is 0. The number of rotatable bonds is 3. The smallest absolute Gasteiger partial charge is 0.124 e. The first-order valence-electron chi connectivity index (χ1n) is 6.10. The van der Waals surface area contributed by atoms with Crippen LogP contribution in [0, 0.1) is 0 Å². The number of halogens is 2. The molecule has 1 saturated heterocycles. The molecule has 0 radical (unpaired) electrons. The van der Waals surface area contributed by atoms with Crippen molar-refractivity contribution in [1.82, 2.24) is 9.55 Å². The maximum absolute atomic E-state index is 6.01. The minimum atomic E-state index is 0.448. The maximum atomic E-state index is 6.01. The van der Waals surface area contributed by atoms with E-state index < -0.39 is 0 Å². The highest BCUT2D eigenvalue weighted by Crippen LogP contribution is 2.30. The molecule has 2 aromatic rings. The van der Waals surface area contributed by atoms with Gasteiger partial charge in [0, 0.05) is 16.8 Å². The van der Waals surface area contributed by atoms with Crippen LogP contribution in [-0.2, 0) is 12.4 Å². The van der Waals surface area contributed by atoms with Crippen molar-refractivity contribution in [2.24, 2.45) is 0 Å². The molecule has 2 nitrogen and oxygen atoms in total. The van der Waals surface area contributed by atoms with Gasteiger partial charge in [-0.3, -0.25) is 0 Å². The standard InChI is InChI=1S/C13H14Cl2N2S/c14-7-13-16-11-6-9(15)3-4-12(11)17(13)8-10-2-1-5-18-10/h3-4,6,10H,1-2,5,7-8H2. The SMILES string of the molecule is ClCc1nc2cc(Cl)ccc2n1CC1CCCS1. The summed E-state index contributed by atoms with van der Waals surface area (Å²) in [6.07, 6.45) is 2.61. The molecule has 2 heterocycles. The van der Waals surface area contributed by atoms with Crippen molar-refractivity contribution in [1.29, 1.82) is 0 Å². The Morgan fingerprint density at radius 3 is 3.06 bits per heavy atom. The van der Waals surface area contributed by atoms with Crippen molar-refractivity contribution < 1.29 is 0 Å². The Balaban J connectivity index is 2.01. The molecule has 1 atom stereocenters. The zero-order valence-electron chi connectivity index (χ0n) is 9.90. The van der Waals surface area contributed by atoms with Gasteiger partial charge in [-0.05, 0) is 36.8 Å². The Bertz CT molecular complexity index is 561. The summed E-state index contributed by atoms with van der Waals surface area (Å²) in [4.78, 5) is 4.57. The fourth-order valence-corrected chi connectivity index (χ4v) is 4.08. The Morgan fingerprint density at radius 1 is 1.44 bits per heavy atom. The lowest BCUT2D eigenvalue weighted by atomic mass is 10.2. The van der Waals surface area contributed by atoms with E-state index in [0.29, 0.717) is 11.1 Å². The number of aromatic nitrogens is 2. The molecule has 3 rings (SSSR count). The highest BCUT2D eigenvalue weighted by atomic mass is 35.5. The number of thioether (sulfide) groups is 1. The van der Waals surface area contributed by atoms with Crippen LogP contribution >= 0.6 is 35.0 Å². The van der Waals surface area contributed by atoms with Gasteiger partial charge in [-0.25, -0.2) is 4.98 Å². The number of benzene rings is 1. The average Bonchev–Trinajstić information content (AvgIpc) is 2.97. The normalized spacial score (nSPS) is 19.8. The van der Waals surface area contributed by atoms with Crippen LogP contribution < -0.4 is 0 Å². The lowest BCUT2D eigenvalue weighted by Gasteiger charge is -2.12. The largest absolute Gasteiger partial charge is 0.326 e. The summed E-state index contributed by atoms with van der Waals surface area (Å²) in [6.45, 7) is 1.00. The second kappa shape index (κ2) is 5.32. The zero-order chi connectivity index (χ0) is 12.5. The van der Waals surface area contributed by atoms with Gasteiger partial charge < -0.3 is 4.57 Å². The first kappa shape index (κ1) is 12.6. The van der Waals surface area contributed by atoms with E-state index in [0.717, 1.165) is 28.4 Å². The molecule has 0 bridgehead atoms. The Kier molecular flexibility index (Phi) is 3.73. The molecule has 1 aliphatic rings. The summed E-state index contributed by atoms with van der Waals surface area (Å²) < 4.78 is 2.25. The van der Waals surface area contributed by atoms with Gasteiger partial charge in [-0.2, -0.15) is 11.8 Å². The van der Waals surface area contributed by atoms with E-state index in [1.54, 1.807) is 0 Å². The minimum Gasteiger partial charge on any atom is -0.326 e. The van der Waals surface area contributed by atoms with Crippen LogP contribution in [0.4, 0.5) is 0 Å². The second-order valence-corrected chi connectivity index (χ2v) is 6.65. The van der Waals surface area contributed by atoms with E-state index in [-0.39, 0.29) is 0 Å². The third kappa shape index (κ3) is 2.36. The molecule has 96 valence electrons. The quantitative estimate of drug-likeness (QED) is 0.786. The van der Waals surface area contributed by atoms with Gasteiger partial charge in [0.15, 0.2) is 0 Å². The monoisotopic (exact) mass is 300 g/mol. The van der Waals surface area contributed by atoms with Gasteiger partial charge in [0.1, 0.15) is 5.82 Å². The molecule has 0 amide bonds. The van der Waals surface area contributed by atoms with Crippen LogP contribution in [0.5, 0.6) is 0 Å². The Hall–Kier alpha value is -0.380. The summed E-state index contributed by atoms with van der Waals surface area (Å²) in [6, 6.07) is 5.87. The van der Waals surface area contributed by atoms with Crippen molar-refractivity contribution in [3.05, 3.63) is 29.0 Å². The number of alkyl halides is 1. The van der Waals surface area contributed by atoms with Crippen LogP contribution in [0.1, 0.15) is 18.7 Å². The van der Waals surface area contributed by atoms with Crippen molar-refractivity contribution in [2.75, 3.05) is 5.75 Å². The third-order valence-electron chi connectivity index (χ3n) is 3.32. The van der Waals surface area contributed by atoms with Crippen molar-refractivity contribution in [3.8, 4) is 0 Å². The van der Waals surface area contributed by atoms with Crippen molar-refractivity contribution >= 4 is 46.0 Å². The minimum absolute atomic E-state index is 0.448. The van der Waals surface area contributed by atoms with E-state index in [9.17, 15) is 0 Å². The van der Waals surface area contributed by atoms with Crippen molar-refractivity contribution in [2.45, 2.75) is 30.5 Å². The second-order valence-electron chi connectivity index (χ2n) is 4.54. The number of nitrogens with zero attached hydrogens (tertiary/aromatic N) is 2. The highest BCUT2D eigenvalue weighted by molar-refractivity contribution is 8.00. The summed E-state index contributed by atoms with van der Waals surface area (Å²) in [7, 11) is 0. The summed E-state index contributed by atoms with van der Waals surface area (Å²) in [5.74, 6) is 2.67. The lowest BCUT2D eigenvalue weighted by molar-refractivity contribution is 0.634. The Labute approximate surface area is 121 Å². The highest BCUT2D eigenvalue weighted by Gasteiger charge is 2.19. The zero-order valence-corrected chi connectivity index (χ0v) is 12.2. The van der Waals surface area contributed by atoms with E-state index >= 15 is 0 Å².